The third-order valence-corrected chi connectivity index (χ3v) is 3.48. The first kappa shape index (κ1) is 15.8. The molecule has 0 aliphatic carbocycles. The van der Waals surface area contributed by atoms with Crippen LogP contribution in [0.4, 0.5) is 17.3 Å². The minimum Gasteiger partial charge on any atom is -0.383 e. The molecule has 22 heavy (non-hydrogen) atoms. The number of Topliss-reactive ketones (excluding diaryl/α,β-unsaturated/α-hetero) is 1. The Morgan fingerprint density at radius 3 is 2.50 bits per heavy atom. The SMILES string of the molecule is CC(=O)c1cccc(NC(=O)CSc2nc(N)cc(N)n2)c1. The second kappa shape index (κ2) is 6.90. The summed E-state index contributed by atoms with van der Waals surface area (Å²) in [5.74, 6) is 0.311. The number of rotatable bonds is 5. The number of hydrogen-bond donors (Lipinski definition) is 3. The Morgan fingerprint density at radius 1 is 1.18 bits per heavy atom. The van der Waals surface area contributed by atoms with Gasteiger partial charge in [0.2, 0.25) is 5.91 Å². The van der Waals surface area contributed by atoms with E-state index in [2.05, 4.69) is 15.3 Å². The van der Waals surface area contributed by atoms with Crippen molar-refractivity contribution in [3.8, 4) is 0 Å². The molecule has 0 radical (unpaired) electrons. The highest BCUT2D eigenvalue weighted by molar-refractivity contribution is 7.99. The molecule has 1 aromatic carbocycles. The Labute approximate surface area is 131 Å². The van der Waals surface area contributed by atoms with Crippen LogP contribution in [0.25, 0.3) is 0 Å². The van der Waals surface area contributed by atoms with E-state index >= 15 is 0 Å². The van der Waals surface area contributed by atoms with Gasteiger partial charge in [0.1, 0.15) is 11.6 Å². The maximum absolute atomic E-state index is 11.9. The van der Waals surface area contributed by atoms with E-state index in [4.69, 9.17) is 11.5 Å². The number of nitrogens with zero attached hydrogens (tertiary/aromatic N) is 2. The molecule has 0 aliphatic rings. The number of carbonyl (C=O) groups excluding carboxylic acids is 2. The molecule has 5 N–H and O–H groups in total. The van der Waals surface area contributed by atoms with Crippen molar-refractivity contribution < 1.29 is 9.59 Å². The second-order valence-electron chi connectivity index (χ2n) is 4.47. The van der Waals surface area contributed by atoms with Crippen LogP contribution in [0.2, 0.25) is 0 Å². The zero-order valence-corrected chi connectivity index (χ0v) is 12.7. The number of nitrogens with two attached hydrogens (primary N) is 2. The van der Waals surface area contributed by atoms with E-state index in [1.807, 2.05) is 0 Å². The largest absolute Gasteiger partial charge is 0.383 e. The predicted octanol–water partition coefficient (Wildman–Crippen LogP) is 1.57. The van der Waals surface area contributed by atoms with Crippen molar-refractivity contribution in [1.29, 1.82) is 0 Å². The molecule has 2 rings (SSSR count). The fraction of sp³-hybridized carbons (Fsp3) is 0.143. The Bertz CT molecular complexity index is 700. The number of thioether (sulfide) groups is 1. The third kappa shape index (κ3) is 4.45. The molecule has 0 unspecified atom stereocenters. The molecule has 1 heterocycles. The normalized spacial score (nSPS) is 10.2. The maximum atomic E-state index is 11.9. The molecule has 0 spiro atoms. The number of nitrogens with one attached hydrogen (secondary N) is 1. The van der Waals surface area contributed by atoms with Crippen molar-refractivity contribution in [3.63, 3.8) is 0 Å². The van der Waals surface area contributed by atoms with Crippen LogP contribution in [0, 0.1) is 0 Å². The molecule has 114 valence electrons. The van der Waals surface area contributed by atoms with E-state index in [9.17, 15) is 9.59 Å². The molecule has 1 amide bonds. The van der Waals surface area contributed by atoms with Crippen LogP contribution in [-0.4, -0.2) is 27.4 Å². The van der Waals surface area contributed by atoms with Crippen LogP contribution < -0.4 is 16.8 Å². The number of aromatic nitrogens is 2. The number of hydrogen-bond acceptors (Lipinski definition) is 7. The van der Waals surface area contributed by atoms with Gasteiger partial charge in [-0.2, -0.15) is 0 Å². The van der Waals surface area contributed by atoms with E-state index in [0.717, 1.165) is 11.8 Å². The summed E-state index contributed by atoms with van der Waals surface area (Å²) in [7, 11) is 0. The molecule has 0 aliphatic heterocycles. The number of amides is 1. The summed E-state index contributed by atoms with van der Waals surface area (Å²) in [6.45, 7) is 1.47. The van der Waals surface area contributed by atoms with Gasteiger partial charge < -0.3 is 16.8 Å². The van der Waals surface area contributed by atoms with Gasteiger partial charge in [0.25, 0.3) is 0 Å². The molecule has 0 bridgehead atoms. The smallest absolute Gasteiger partial charge is 0.234 e. The average Bonchev–Trinajstić information content (AvgIpc) is 2.44. The molecule has 7 nitrogen and oxygen atoms in total. The Hall–Kier alpha value is -2.61. The highest BCUT2D eigenvalue weighted by Crippen LogP contribution is 2.17. The van der Waals surface area contributed by atoms with Crippen molar-refractivity contribution in [1.82, 2.24) is 9.97 Å². The minimum absolute atomic E-state index is 0.0610. The summed E-state index contributed by atoms with van der Waals surface area (Å²) >= 11 is 1.13. The van der Waals surface area contributed by atoms with E-state index in [0.29, 0.717) is 16.4 Å². The topological polar surface area (TPSA) is 124 Å². The Morgan fingerprint density at radius 2 is 1.86 bits per heavy atom. The van der Waals surface area contributed by atoms with Crippen molar-refractivity contribution in [2.24, 2.45) is 0 Å². The summed E-state index contributed by atoms with van der Waals surface area (Å²) < 4.78 is 0. The minimum atomic E-state index is -0.240. The lowest BCUT2D eigenvalue weighted by Crippen LogP contribution is -2.14. The monoisotopic (exact) mass is 317 g/mol. The number of ketones is 1. The fourth-order valence-corrected chi connectivity index (χ4v) is 2.34. The van der Waals surface area contributed by atoms with Crippen LogP contribution in [0.5, 0.6) is 0 Å². The Balaban J connectivity index is 1.95. The molecule has 0 fully saturated rings. The fourth-order valence-electron chi connectivity index (χ4n) is 1.67. The molecule has 0 saturated carbocycles. The number of anilines is 3. The van der Waals surface area contributed by atoms with Crippen LogP contribution >= 0.6 is 11.8 Å². The molecular formula is C14H15N5O2S. The van der Waals surface area contributed by atoms with E-state index < -0.39 is 0 Å². The lowest BCUT2D eigenvalue weighted by molar-refractivity contribution is -0.113. The summed E-state index contributed by atoms with van der Waals surface area (Å²) in [6, 6.07) is 8.18. The van der Waals surface area contributed by atoms with Crippen molar-refractivity contribution in [3.05, 3.63) is 35.9 Å². The van der Waals surface area contributed by atoms with E-state index in [-0.39, 0.29) is 29.1 Å². The van der Waals surface area contributed by atoms with Gasteiger partial charge in [0, 0.05) is 17.3 Å². The average molecular weight is 317 g/mol. The van der Waals surface area contributed by atoms with Gasteiger partial charge in [-0.25, -0.2) is 9.97 Å². The maximum Gasteiger partial charge on any atom is 0.234 e. The standard InChI is InChI=1S/C14H15N5O2S/c1-8(20)9-3-2-4-10(5-9)17-13(21)7-22-14-18-11(15)6-12(16)19-14/h2-6H,7H2,1H3,(H,17,21)(H4,15,16,18,19). The Kier molecular flexibility index (Phi) is 4.95. The molecule has 2 aromatic rings. The van der Waals surface area contributed by atoms with Gasteiger partial charge >= 0.3 is 0 Å². The highest BCUT2D eigenvalue weighted by atomic mass is 32.2. The van der Waals surface area contributed by atoms with Crippen LogP contribution in [0.1, 0.15) is 17.3 Å². The van der Waals surface area contributed by atoms with Crippen molar-refractivity contribution in [2.45, 2.75) is 12.1 Å². The summed E-state index contributed by atoms with van der Waals surface area (Å²) in [4.78, 5) is 31.2. The second-order valence-corrected chi connectivity index (χ2v) is 5.42. The number of benzene rings is 1. The first-order chi connectivity index (χ1) is 10.4. The van der Waals surface area contributed by atoms with Gasteiger partial charge in [0.15, 0.2) is 10.9 Å². The number of carbonyl (C=O) groups is 2. The molecule has 0 saturated heterocycles. The zero-order chi connectivity index (χ0) is 16.1. The van der Waals surface area contributed by atoms with E-state index in [1.165, 1.54) is 13.0 Å². The third-order valence-electron chi connectivity index (χ3n) is 2.63. The molecular weight excluding hydrogens is 302 g/mol. The van der Waals surface area contributed by atoms with Gasteiger partial charge in [-0.1, -0.05) is 23.9 Å². The highest BCUT2D eigenvalue weighted by Gasteiger charge is 2.08. The molecule has 0 atom stereocenters. The van der Waals surface area contributed by atoms with Crippen molar-refractivity contribution in [2.75, 3.05) is 22.5 Å². The van der Waals surface area contributed by atoms with Gasteiger partial charge in [-0.3, -0.25) is 9.59 Å². The lowest BCUT2D eigenvalue weighted by Gasteiger charge is -2.06. The first-order valence-corrected chi connectivity index (χ1v) is 7.36. The van der Waals surface area contributed by atoms with Crippen LogP contribution in [0.15, 0.2) is 35.5 Å². The zero-order valence-electron chi connectivity index (χ0n) is 11.9. The van der Waals surface area contributed by atoms with Gasteiger partial charge in [-0.05, 0) is 19.1 Å². The van der Waals surface area contributed by atoms with Crippen molar-refractivity contribution >= 4 is 40.8 Å². The van der Waals surface area contributed by atoms with Gasteiger partial charge in [-0.15, -0.1) is 0 Å². The summed E-state index contributed by atoms with van der Waals surface area (Å²) in [5.41, 5.74) is 12.2. The molecule has 8 heteroatoms. The summed E-state index contributed by atoms with van der Waals surface area (Å²) in [6.07, 6.45) is 0. The molecule has 1 aromatic heterocycles. The quantitative estimate of drug-likeness (QED) is 0.434. The van der Waals surface area contributed by atoms with Gasteiger partial charge in [0.05, 0.1) is 5.75 Å². The first-order valence-electron chi connectivity index (χ1n) is 6.38. The van der Waals surface area contributed by atoms with E-state index in [1.54, 1.807) is 24.3 Å². The van der Waals surface area contributed by atoms with Crippen LogP contribution in [-0.2, 0) is 4.79 Å². The predicted molar refractivity (Wildman–Crippen MR) is 86.7 cm³/mol. The number of nitrogen functional groups attached to an aromatic ring is 2. The van der Waals surface area contributed by atoms with Crippen LogP contribution in [0.3, 0.4) is 0 Å². The summed E-state index contributed by atoms with van der Waals surface area (Å²) in [5, 5.41) is 3.04. The lowest BCUT2D eigenvalue weighted by atomic mass is 10.1.